The minimum absolute atomic E-state index is 0.0571. The first-order valence-corrected chi connectivity index (χ1v) is 9.15. The molecule has 2 rings (SSSR count). The Morgan fingerprint density at radius 2 is 2.05 bits per heavy atom. The minimum atomic E-state index is -3.82. The molecule has 9 heteroatoms. The van der Waals surface area contributed by atoms with Gasteiger partial charge in [-0.15, -0.1) is 11.3 Å². The van der Waals surface area contributed by atoms with Crippen LogP contribution < -0.4 is 10.5 Å². The molecule has 0 saturated heterocycles. The number of halogens is 1. The molecular weight excluding hydrogens is 376 g/mol. The van der Waals surface area contributed by atoms with Crippen molar-refractivity contribution in [2.75, 3.05) is 10.5 Å². The first-order valence-electron chi connectivity index (χ1n) is 5.99. The van der Waals surface area contributed by atoms with Crippen LogP contribution in [0.5, 0.6) is 0 Å². The van der Waals surface area contributed by atoms with Gasteiger partial charge in [0.1, 0.15) is 10.7 Å². The van der Waals surface area contributed by atoms with Crippen molar-refractivity contribution in [1.29, 1.82) is 0 Å². The summed E-state index contributed by atoms with van der Waals surface area (Å²) in [6.45, 7) is 6.03. The highest BCUT2D eigenvalue weighted by atomic mass is 79.9. The second-order valence-electron chi connectivity index (χ2n) is 5.43. The van der Waals surface area contributed by atoms with Gasteiger partial charge in [0, 0.05) is 21.5 Å². The Labute approximate surface area is 136 Å². The van der Waals surface area contributed by atoms with Crippen molar-refractivity contribution < 1.29 is 8.42 Å². The minimum Gasteiger partial charge on any atom is -0.383 e. The molecule has 0 aliphatic carbocycles. The van der Waals surface area contributed by atoms with E-state index in [1.807, 2.05) is 26.2 Å². The van der Waals surface area contributed by atoms with Crippen molar-refractivity contribution in [2.45, 2.75) is 31.1 Å². The van der Waals surface area contributed by atoms with Crippen molar-refractivity contribution in [3.63, 3.8) is 0 Å². The van der Waals surface area contributed by atoms with Gasteiger partial charge in [-0.3, -0.25) is 4.72 Å². The van der Waals surface area contributed by atoms with Crippen LogP contribution in [0.3, 0.4) is 0 Å². The predicted molar refractivity (Wildman–Crippen MR) is 88.0 cm³/mol. The molecule has 2 heterocycles. The fourth-order valence-electron chi connectivity index (χ4n) is 1.48. The van der Waals surface area contributed by atoms with Gasteiger partial charge in [-0.1, -0.05) is 20.8 Å². The second kappa shape index (κ2) is 5.54. The van der Waals surface area contributed by atoms with Gasteiger partial charge in [0.05, 0.1) is 5.69 Å². The molecule has 6 nitrogen and oxygen atoms in total. The van der Waals surface area contributed by atoms with E-state index in [9.17, 15) is 8.42 Å². The van der Waals surface area contributed by atoms with Gasteiger partial charge in [-0.25, -0.2) is 18.4 Å². The number of sulfonamides is 1. The lowest BCUT2D eigenvalue weighted by atomic mass is 9.93. The molecule has 21 heavy (non-hydrogen) atoms. The summed E-state index contributed by atoms with van der Waals surface area (Å²) in [5.74, 6) is -0.0571. The molecule has 114 valence electrons. The average Bonchev–Trinajstić information content (AvgIpc) is 2.79. The number of hydrogen-bond donors (Lipinski definition) is 2. The Morgan fingerprint density at radius 3 is 2.62 bits per heavy atom. The summed E-state index contributed by atoms with van der Waals surface area (Å²) >= 11 is 4.41. The maximum atomic E-state index is 12.3. The van der Waals surface area contributed by atoms with Gasteiger partial charge in [0.15, 0.2) is 5.13 Å². The lowest BCUT2D eigenvalue weighted by Gasteiger charge is -2.14. The molecule has 0 spiro atoms. The molecule has 0 fully saturated rings. The Morgan fingerprint density at radius 1 is 1.38 bits per heavy atom. The van der Waals surface area contributed by atoms with Crippen LogP contribution in [-0.4, -0.2) is 18.4 Å². The Kier molecular flexibility index (Phi) is 4.27. The third-order valence-electron chi connectivity index (χ3n) is 2.63. The van der Waals surface area contributed by atoms with E-state index >= 15 is 0 Å². The van der Waals surface area contributed by atoms with E-state index in [1.54, 1.807) is 0 Å². The first kappa shape index (κ1) is 16.2. The van der Waals surface area contributed by atoms with E-state index in [2.05, 4.69) is 30.6 Å². The van der Waals surface area contributed by atoms with Crippen LogP contribution in [-0.2, 0) is 15.4 Å². The van der Waals surface area contributed by atoms with Crippen molar-refractivity contribution in [1.82, 2.24) is 9.97 Å². The SMILES string of the molecule is CC(C)(C)c1csc(NS(=O)(=O)c2cc(Br)cnc2N)n1. The van der Waals surface area contributed by atoms with Crippen LogP contribution >= 0.6 is 27.3 Å². The van der Waals surface area contributed by atoms with E-state index in [1.165, 1.54) is 23.6 Å². The van der Waals surface area contributed by atoms with Gasteiger partial charge in [0.25, 0.3) is 10.0 Å². The highest BCUT2D eigenvalue weighted by Crippen LogP contribution is 2.29. The smallest absolute Gasteiger partial charge is 0.267 e. The van der Waals surface area contributed by atoms with Crippen LogP contribution in [0.4, 0.5) is 10.9 Å². The van der Waals surface area contributed by atoms with Gasteiger partial charge in [0.2, 0.25) is 0 Å². The topological polar surface area (TPSA) is 98.0 Å². The molecule has 0 bridgehead atoms. The molecule has 0 radical (unpaired) electrons. The number of nitrogens with one attached hydrogen (secondary N) is 1. The molecule has 0 atom stereocenters. The zero-order valence-corrected chi connectivity index (χ0v) is 14.9. The van der Waals surface area contributed by atoms with Gasteiger partial charge >= 0.3 is 0 Å². The molecule has 2 aromatic heterocycles. The molecule has 0 aromatic carbocycles. The maximum absolute atomic E-state index is 12.3. The molecule has 2 aromatic rings. The zero-order chi connectivity index (χ0) is 15.8. The normalized spacial score (nSPS) is 12.4. The van der Waals surface area contributed by atoms with E-state index in [-0.39, 0.29) is 16.1 Å². The second-order valence-corrected chi connectivity index (χ2v) is 8.85. The number of nitrogens with two attached hydrogens (primary N) is 1. The van der Waals surface area contributed by atoms with Crippen LogP contribution in [0, 0.1) is 0 Å². The summed E-state index contributed by atoms with van der Waals surface area (Å²) in [4.78, 5) is 8.05. The summed E-state index contributed by atoms with van der Waals surface area (Å²) in [7, 11) is -3.82. The monoisotopic (exact) mass is 390 g/mol. The van der Waals surface area contributed by atoms with E-state index in [0.29, 0.717) is 9.60 Å². The summed E-state index contributed by atoms with van der Waals surface area (Å²) in [5.41, 5.74) is 6.32. The molecule has 0 aliphatic rings. The third-order valence-corrected chi connectivity index (χ3v) is 5.32. The molecular formula is C12H15BrN4O2S2. The lowest BCUT2D eigenvalue weighted by molar-refractivity contribution is 0.573. The predicted octanol–water partition coefficient (Wildman–Crippen LogP) is 2.98. The highest BCUT2D eigenvalue weighted by molar-refractivity contribution is 9.10. The van der Waals surface area contributed by atoms with Gasteiger partial charge in [-0.05, 0) is 22.0 Å². The van der Waals surface area contributed by atoms with E-state index < -0.39 is 10.0 Å². The van der Waals surface area contributed by atoms with Crippen LogP contribution in [0.25, 0.3) is 0 Å². The van der Waals surface area contributed by atoms with Crippen LogP contribution in [0.15, 0.2) is 27.0 Å². The quantitative estimate of drug-likeness (QED) is 0.838. The number of thiazole rings is 1. The lowest BCUT2D eigenvalue weighted by Crippen LogP contribution is -2.16. The zero-order valence-electron chi connectivity index (χ0n) is 11.7. The number of aromatic nitrogens is 2. The Bertz CT molecular complexity index is 766. The Balaban J connectivity index is 2.34. The largest absolute Gasteiger partial charge is 0.383 e. The fraction of sp³-hybridized carbons (Fsp3) is 0.333. The molecule has 0 saturated carbocycles. The van der Waals surface area contributed by atoms with E-state index in [0.717, 1.165) is 5.69 Å². The molecule has 3 N–H and O–H groups in total. The average molecular weight is 391 g/mol. The van der Waals surface area contributed by atoms with Crippen LogP contribution in [0.1, 0.15) is 26.5 Å². The van der Waals surface area contributed by atoms with Gasteiger partial charge < -0.3 is 5.73 Å². The summed E-state index contributed by atoms with van der Waals surface area (Å²) in [5, 5.41) is 2.14. The first-order chi connectivity index (χ1) is 9.59. The molecule has 0 amide bonds. The number of nitrogens with zero attached hydrogens (tertiary/aromatic N) is 2. The summed E-state index contributed by atoms with van der Waals surface area (Å²) in [6.07, 6.45) is 1.44. The van der Waals surface area contributed by atoms with Gasteiger partial charge in [-0.2, -0.15) is 0 Å². The molecule has 0 unspecified atom stereocenters. The number of rotatable bonds is 3. The summed E-state index contributed by atoms with van der Waals surface area (Å²) < 4.78 is 27.7. The number of nitrogen functional groups attached to an aromatic ring is 1. The maximum Gasteiger partial charge on any atom is 0.267 e. The molecule has 0 aliphatic heterocycles. The van der Waals surface area contributed by atoms with E-state index in [4.69, 9.17) is 5.73 Å². The van der Waals surface area contributed by atoms with Crippen molar-refractivity contribution in [3.8, 4) is 0 Å². The Hall–Kier alpha value is -1.19. The number of anilines is 2. The summed E-state index contributed by atoms with van der Waals surface area (Å²) in [6, 6.07) is 1.41. The van der Waals surface area contributed by atoms with Crippen molar-refractivity contribution in [2.24, 2.45) is 0 Å². The standard InChI is InChI=1S/C12H15BrN4O2S2/c1-12(2,3)9-6-20-11(16-9)17-21(18,19)8-4-7(13)5-15-10(8)14/h4-6H,1-3H3,(H2,14,15)(H,16,17). The fourth-order valence-corrected chi connectivity index (χ4v) is 4.26. The van der Waals surface area contributed by atoms with Crippen molar-refractivity contribution >= 4 is 48.2 Å². The number of pyridine rings is 1. The van der Waals surface area contributed by atoms with Crippen LogP contribution in [0.2, 0.25) is 0 Å². The van der Waals surface area contributed by atoms with Crippen molar-refractivity contribution in [3.05, 3.63) is 27.8 Å². The number of hydrogen-bond acceptors (Lipinski definition) is 6. The highest BCUT2D eigenvalue weighted by Gasteiger charge is 2.23. The third kappa shape index (κ3) is 3.72.